The average molecular weight is 270 g/mol. The van der Waals surface area contributed by atoms with Crippen molar-refractivity contribution in [2.75, 3.05) is 0 Å². The van der Waals surface area contributed by atoms with Gasteiger partial charge in [0.25, 0.3) is 0 Å². The summed E-state index contributed by atoms with van der Waals surface area (Å²) in [6.45, 7) is 0.396. The molecule has 1 aromatic carbocycles. The lowest BCUT2D eigenvalue weighted by atomic mass is 10.1. The molecule has 0 aliphatic carbocycles. The summed E-state index contributed by atoms with van der Waals surface area (Å²) in [7, 11) is 5.74. The summed E-state index contributed by atoms with van der Waals surface area (Å²) in [5.74, 6) is 0.483. The van der Waals surface area contributed by atoms with E-state index in [1.165, 1.54) is 4.52 Å². The Labute approximate surface area is 116 Å². The molecule has 3 rings (SSSR count). The minimum atomic E-state index is 0.396. The maximum absolute atomic E-state index is 5.91. The number of hydrogen-bond donors (Lipinski definition) is 0. The lowest BCUT2D eigenvalue weighted by Gasteiger charge is -2.06. The molecule has 4 nitrogen and oxygen atoms in total. The molecule has 0 aliphatic heterocycles. The van der Waals surface area contributed by atoms with Crippen LogP contribution >= 0.6 is 11.6 Å². The fourth-order valence-corrected chi connectivity index (χ4v) is 1.95. The van der Waals surface area contributed by atoms with Crippen molar-refractivity contribution in [3.8, 4) is 5.88 Å². The van der Waals surface area contributed by atoms with Crippen molar-refractivity contribution in [2.24, 2.45) is 0 Å². The number of fused-ring (bicyclic) bond motifs is 1. The van der Waals surface area contributed by atoms with Gasteiger partial charge in [-0.15, -0.1) is 5.10 Å². The fraction of sp³-hybridized carbons (Fsp3) is 0.0769. The van der Waals surface area contributed by atoms with Gasteiger partial charge < -0.3 is 4.74 Å². The maximum Gasteiger partial charge on any atom is 0.232 e. The van der Waals surface area contributed by atoms with Crippen LogP contribution in [0.1, 0.15) is 5.56 Å². The van der Waals surface area contributed by atoms with Crippen molar-refractivity contribution in [3.63, 3.8) is 0 Å². The van der Waals surface area contributed by atoms with E-state index in [2.05, 4.69) is 10.1 Å². The number of benzene rings is 1. The zero-order chi connectivity index (χ0) is 13.2. The number of hydrogen-bond acceptors (Lipinski definition) is 3. The van der Waals surface area contributed by atoms with Crippen molar-refractivity contribution < 1.29 is 4.74 Å². The molecule has 0 atom stereocenters. The Morgan fingerprint density at radius 2 is 2.16 bits per heavy atom. The van der Waals surface area contributed by atoms with E-state index in [0.29, 0.717) is 28.7 Å². The fourth-order valence-electron chi connectivity index (χ4n) is 1.74. The molecule has 0 aliphatic rings. The van der Waals surface area contributed by atoms with E-state index in [1.54, 1.807) is 18.3 Å². The van der Waals surface area contributed by atoms with Gasteiger partial charge in [-0.05, 0) is 23.8 Å². The first-order valence-corrected chi connectivity index (χ1v) is 6.08. The zero-order valence-electron chi connectivity index (χ0n) is 9.95. The predicted molar refractivity (Wildman–Crippen MR) is 74.2 cm³/mol. The molecule has 0 unspecified atom stereocenters. The van der Waals surface area contributed by atoms with Crippen LogP contribution in [0.2, 0.25) is 5.02 Å². The number of rotatable bonds is 3. The highest BCUT2D eigenvalue weighted by Crippen LogP contribution is 2.13. The molecule has 0 saturated carbocycles. The normalized spacial score (nSPS) is 10.8. The quantitative estimate of drug-likeness (QED) is 0.680. The first kappa shape index (κ1) is 12.1. The molecular weight excluding hydrogens is 260 g/mol. The maximum atomic E-state index is 5.91. The van der Waals surface area contributed by atoms with Crippen LogP contribution in [0.5, 0.6) is 5.88 Å². The third kappa shape index (κ3) is 2.56. The Bertz CT molecular complexity index is 729. The third-order valence-electron chi connectivity index (χ3n) is 2.64. The lowest BCUT2D eigenvalue weighted by molar-refractivity contribution is 0.289. The molecule has 0 bridgehead atoms. The van der Waals surface area contributed by atoms with Crippen LogP contribution in [0.3, 0.4) is 0 Å². The molecule has 92 valence electrons. The highest BCUT2D eigenvalue weighted by Gasteiger charge is 2.03. The Morgan fingerprint density at radius 1 is 1.26 bits per heavy atom. The summed E-state index contributed by atoms with van der Waals surface area (Å²) in [4.78, 5) is 4.09. The Hall–Kier alpha value is -2.01. The second kappa shape index (κ2) is 4.94. The summed E-state index contributed by atoms with van der Waals surface area (Å²) in [5.41, 5.74) is 2.14. The van der Waals surface area contributed by atoms with Gasteiger partial charge in [-0.1, -0.05) is 23.7 Å². The molecule has 2 radical (unpaired) electrons. The molecule has 2 aromatic heterocycles. The second-order valence-electron chi connectivity index (χ2n) is 4.04. The number of halogens is 1. The molecule has 19 heavy (non-hydrogen) atoms. The predicted octanol–water partition coefficient (Wildman–Crippen LogP) is 1.76. The van der Waals surface area contributed by atoms with E-state index in [0.717, 1.165) is 5.56 Å². The first-order chi connectivity index (χ1) is 9.22. The minimum Gasteiger partial charge on any atom is -0.472 e. The van der Waals surface area contributed by atoms with Gasteiger partial charge in [0, 0.05) is 22.9 Å². The molecule has 0 N–H and O–H groups in total. The molecule has 6 heteroatoms. The van der Waals surface area contributed by atoms with Crippen molar-refractivity contribution in [2.45, 2.75) is 6.61 Å². The Morgan fingerprint density at radius 3 is 3.00 bits per heavy atom. The van der Waals surface area contributed by atoms with Crippen LogP contribution in [0.4, 0.5) is 0 Å². The van der Waals surface area contributed by atoms with Crippen molar-refractivity contribution in [1.82, 2.24) is 14.6 Å². The van der Waals surface area contributed by atoms with Gasteiger partial charge in [0.15, 0.2) is 5.65 Å². The third-order valence-corrected chi connectivity index (χ3v) is 2.88. The van der Waals surface area contributed by atoms with Crippen LogP contribution in [0.25, 0.3) is 5.65 Å². The van der Waals surface area contributed by atoms with Gasteiger partial charge in [0.05, 0.1) is 0 Å². The van der Waals surface area contributed by atoms with Gasteiger partial charge in [0.1, 0.15) is 14.5 Å². The standard InChI is InChI=1S/C13H9BClN3O/c14-11-7-16-12-4-5-13(17-18(11)12)19-8-9-2-1-3-10(15)6-9/h1-7H,8H2. The molecule has 0 spiro atoms. The highest BCUT2D eigenvalue weighted by atomic mass is 35.5. The van der Waals surface area contributed by atoms with Crippen molar-refractivity contribution >= 4 is 30.7 Å². The van der Waals surface area contributed by atoms with E-state index >= 15 is 0 Å². The van der Waals surface area contributed by atoms with Gasteiger partial charge in [-0.25, -0.2) is 9.50 Å². The smallest absolute Gasteiger partial charge is 0.232 e. The van der Waals surface area contributed by atoms with Gasteiger partial charge >= 0.3 is 0 Å². The van der Waals surface area contributed by atoms with E-state index in [-0.39, 0.29) is 0 Å². The summed E-state index contributed by atoms with van der Waals surface area (Å²) >= 11 is 5.91. The van der Waals surface area contributed by atoms with Gasteiger partial charge in [0.2, 0.25) is 5.88 Å². The summed E-state index contributed by atoms with van der Waals surface area (Å²) in [5, 5.41) is 4.93. The largest absolute Gasteiger partial charge is 0.472 e. The lowest BCUT2D eigenvalue weighted by Crippen LogP contribution is -2.12. The summed E-state index contributed by atoms with van der Waals surface area (Å²) in [6.07, 6.45) is 1.56. The zero-order valence-corrected chi connectivity index (χ0v) is 10.7. The van der Waals surface area contributed by atoms with Crippen LogP contribution in [0.15, 0.2) is 42.6 Å². The van der Waals surface area contributed by atoms with Crippen LogP contribution in [0, 0.1) is 0 Å². The topological polar surface area (TPSA) is 39.4 Å². The average Bonchev–Trinajstić information content (AvgIpc) is 2.78. The SMILES string of the molecule is [B]c1cnc2ccc(OCc3cccc(Cl)c3)nn12. The summed E-state index contributed by atoms with van der Waals surface area (Å²) < 4.78 is 7.14. The summed E-state index contributed by atoms with van der Waals surface area (Å²) in [6, 6.07) is 11.1. The van der Waals surface area contributed by atoms with Crippen molar-refractivity contribution in [3.05, 3.63) is 53.2 Å². The highest BCUT2D eigenvalue weighted by molar-refractivity contribution is 6.31. The van der Waals surface area contributed by atoms with E-state index in [1.807, 2.05) is 24.3 Å². The number of ether oxygens (including phenoxy) is 1. The molecule has 2 heterocycles. The van der Waals surface area contributed by atoms with Gasteiger partial charge in [-0.2, -0.15) is 0 Å². The first-order valence-electron chi connectivity index (χ1n) is 5.70. The van der Waals surface area contributed by atoms with Crippen LogP contribution in [-0.2, 0) is 6.61 Å². The molecule has 0 amide bonds. The molecule has 3 aromatic rings. The van der Waals surface area contributed by atoms with E-state index < -0.39 is 0 Å². The Kier molecular flexibility index (Phi) is 3.13. The number of nitrogens with zero attached hydrogens (tertiary/aromatic N) is 3. The van der Waals surface area contributed by atoms with Crippen LogP contribution in [-0.4, -0.2) is 22.4 Å². The molecular formula is C13H9BClN3O. The second-order valence-corrected chi connectivity index (χ2v) is 4.48. The molecule has 0 fully saturated rings. The molecule has 0 saturated heterocycles. The van der Waals surface area contributed by atoms with E-state index in [9.17, 15) is 0 Å². The number of aromatic nitrogens is 3. The number of imidazole rings is 1. The van der Waals surface area contributed by atoms with Gasteiger partial charge in [-0.3, -0.25) is 0 Å². The van der Waals surface area contributed by atoms with E-state index in [4.69, 9.17) is 24.2 Å². The minimum absolute atomic E-state index is 0.396. The van der Waals surface area contributed by atoms with Crippen LogP contribution < -0.4 is 10.3 Å². The van der Waals surface area contributed by atoms with Crippen molar-refractivity contribution in [1.29, 1.82) is 0 Å². The monoisotopic (exact) mass is 269 g/mol. The Balaban J connectivity index is 1.79.